The minimum absolute atomic E-state index is 0.0379. The minimum atomic E-state index is 0.0379. The molecule has 2 aromatic heterocycles. The zero-order chi connectivity index (χ0) is 37.3. The average molecular weight is 709 g/mol. The molecule has 0 saturated carbocycles. The largest absolute Gasteiger partial charge is 0.311 e. The van der Waals surface area contributed by atoms with Gasteiger partial charge in [-0.1, -0.05) is 112 Å². The topological polar surface area (TPSA) is 26.0 Å². The van der Waals surface area contributed by atoms with Gasteiger partial charge in [0.2, 0.25) is 0 Å². The average Bonchev–Trinajstić information content (AvgIpc) is 3.73. The summed E-state index contributed by atoms with van der Waals surface area (Å²) < 4.78 is 4.93. The number of aromatic nitrogens is 3. The Kier molecular flexibility index (Phi) is 6.63. The van der Waals surface area contributed by atoms with Crippen molar-refractivity contribution in [2.45, 2.75) is 47.0 Å². The molecule has 0 amide bonds. The second-order valence-corrected chi connectivity index (χ2v) is 16.5. The Morgan fingerprint density at radius 3 is 1.87 bits per heavy atom. The molecule has 264 valence electrons. The van der Waals surface area contributed by atoms with Crippen molar-refractivity contribution >= 4 is 73.0 Å². The fraction of sp³-hybridized carbons (Fsp3) is 0.140. The van der Waals surface area contributed by atoms with Crippen LogP contribution in [0.5, 0.6) is 0 Å². The summed E-state index contributed by atoms with van der Waals surface area (Å²) in [5.74, 6) is 1.01. The molecule has 0 saturated heterocycles. The predicted molar refractivity (Wildman–Crippen MR) is 233 cm³/mol. The highest BCUT2D eigenvalue weighted by molar-refractivity contribution is 7.00. The molecule has 7 aromatic carbocycles. The molecule has 0 radical (unpaired) electrons. The summed E-state index contributed by atoms with van der Waals surface area (Å²) in [7, 11) is 0. The van der Waals surface area contributed by atoms with Crippen LogP contribution < -0.4 is 21.3 Å². The van der Waals surface area contributed by atoms with E-state index in [0.717, 1.165) is 17.0 Å². The standard InChI is InChI=1S/C50H41BN4/c1-30-14-11-15-31(2)45(30)49-52-39-19-12-18-37-48(39)55(49)44-23-13-22-43-46(44)51(37)38-28-29-40(54-41-20-9-7-16-35(41)36-17-8-10-21-42(36)54)32(3)47(38)53(43)34-26-24-33(25-27-34)50(4,5)6/h7-29H,1-6H3. The van der Waals surface area contributed by atoms with Crippen LogP contribution in [0.25, 0.3) is 55.6 Å². The highest BCUT2D eigenvalue weighted by Crippen LogP contribution is 2.44. The Balaban J connectivity index is 1.25. The van der Waals surface area contributed by atoms with Gasteiger partial charge in [-0.05, 0) is 113 Å². The van der Waals surface area contributed by atoms with Crippen molar-refractivity contribution in [1.29, 1.82) is 0 Å². The number of imidazole rings is 1. The molecule has 4 nitrogen and oxygen atoms in total. The van der Waals surface area contributed by atoms with Crippen LogP contribution in [0.15, 0.2) is 140 Å². The number of aryl methyl sites for hydroxylation is 2. The highest BCUT2D eigenvalue weighted by atomic mass is 15.2. The smallest absolute Gasteiger partial charge is 0.252 e. The third-order valence-corrected chi connectivity index (χ3v) is 12.3. The number of anilines is 3. The van der Waals surface area contributed by atoms with E-state index in [9.17, 15) is 0 Å². The summed E-state index contributed by atoms with van der Waals surface area (Å²) in [5, 5.41) is 2.54. The molecule has 0 fully saturated rings. The summed E-state index contributed by atoms with van der Waals surface area (Å²) in [6, 6.07) is 51.9. The van der Waals surface area contributed by atoms with Crippen LogP contribution in [-0.4, -0.2) is 20.8 Å². The van der Waals surface area contributed by atoms with Gasteiger partial charge >= 0.3 is 0 Å². The van der Waals surface area contributed by atoms with Crippen LogP contribution in [0, 0.1) is 20.8 Å². The van der Waals surface area contributed by atoms with Crippen LogP contribution >= 0.6 is 0 Å². The maximum atomic E-state index is 5.43. The van der Waals surface area contributed by atoms with Gasteiger partial charge in [0.1, 0.15) is 5.82 Å². The monoisotopic (exact) mass is 708 g/mol. The minimum Gasteiger partial charge on any atom is -0.311 e. The Bertz CT molecular complexity index is 2990. The zero-order valence-electron chi connectivity index (χ0n) is 32.1. The number of para-hydroxylation sites is 3. The van der Waals surface area contributed by atoms with Gasteiger partial charge in [-0.25, -0.2) is 4.98 Å². The number of fused-ring (bicyclic) bond motifs is 7. The third kappa shape index (κ3) is 4.38. The second kappa shape index (κ2) is 11.3. The Labute approximate surface area is 322 Å². The molecule has 0 spiro atoms. The highest BCUT2D eigenvalue weighted by Gasteiger charge is 2.43. The van der Waals surface area contributed by atoms with Crippen molar-refractivity contribution < 1.29 is 0 Å². The molecule has 9 aromatic rings. The second-order valence-electron chi connectivity index (χ2n) is 16.5. The first kappa shape index (κ1) is 32.1. The summed E-state index contributed by atoms with van der Waals surface area (Å²) in [6.07, 6.45) is 0. The van der Waals surface area contributed by atoms with Crippen molar-refractivity contribution in [3.8, 4) is 22.8 Å². The van der Waals surface area contributed by atoms with Crippen molar-refractivity contribution in [2.24, 2.45) is 0 Å². The van der Waals surface area contributed by atoms with Gasteiger partial charge in [-0.2, -0.15) is 0 Å². The molecule has 5 heteroatoms. The van der Waals surface area contributed by atoms with Crippen LogP contribution in [0.1, 0.15) is 43.0 Å². The van der Waals surface area contributed by atoms with E-state index in [2.05, 4.69) is 195 Å². The summed E-state index contributed by atoms with van der Waals surface area (Å²) in [5.41, 5.74) is 20.9. The lowest BCUT2D eigenvalue weighted by atomic mass is 9.33. The van der Waals surface area contributed by atoms with Gasteiger partial charge in [0.25, 0.3) is 6.71 Å². The molecule has 2 aliphatic heterocycles. The van der Waals surface area contributed by atoms with Crippen molar-refractivity contribution in [1.82, 2.24) is 14.1 Å². The number of hydrogen-bond acceptors (Lipinski definition) is 2. The van der Waals surface area contributed by atoms with E-state index in [4.69, 9.17) is 4.98 Å². The van der Waals surface area contributed by atoms with E-state index in [1.54, 1.807) is 0 Å². The Hall–Kier alpha value is -6.33. The lowest BCUT2D eigenvalue weighted by Crippen LogP contribution is -2.60. The van der Waals surface area contributed by atoms with Gasteiger partial charge in [0, 0.05) is 39.1 Å². The van der Waals surface area contributed by atoms with Gasteiger partial charge < -0.3 is 9.47 Å². The lowest BCUT2D eigenvalue weighted by Gasteiger charge is -2.41. The van der Waals surface area contributed by atoms with Crippen LogP contribution in [0.3, 0.4) is 0 Å². The van der Waals surface area contributed by atoms with Gasteiger partial charge in [-0.3, -0.25) is 4.57 Å². The molecule has 55 heavy (non-hydrogen) atoms. The van der Waals surface area contributed by atoms with Gasteiger partial charge in [0.15, 0.2) is 0 Å². The van der Waals surface area contributed by atoms with Gasteiger partial charge in [0.05, 0.1) is 27.8 Å². The molecule has 0 atom stereocenters. The molecular weight excluding hydrogens is 667 g/mol. The summed E-state index contributed by atoms with van der Waals surface area (Å²) in [4.78, 5) is 7.98. The first-order valence-corrected chi connectivity index (χ1v) is 19.4. The molecule has 0 unspecified atom stereocenters. The molecule has 0 aliphatic carbocycles. The lowest BCUT2D eigenvalue weighted by molar-refractivity contribution is 0.590. The molecule has 11 rings (SSSR count). The number of rotatable bonds is 3. The third-order valence-electron chi connectivity index (χ3n) is 12.3. The molecular formula is C50H41BN4. The van der Waals surface area contributed by atoms with Crippen LogP contribution in [-0.2, 0) is 5.41 Å². The fourth-order valence-corrected chi connectivity index (χ4v) is 9.82. The quantitative estimate of drug-likeness (QED) is 0.171. The number of hydrogen-bond donors (Lipinski definition) is 0. The van der Waals surface area contributed by atoms with Crippen LogP contribution in [0.4, 0.5) is 17.1 Å². The van der Waals surface area contributed by atoms with E-state index in [1.165, 1.54) is 94.3 Å². The van der Waals surface area contributed by atoms with Crippen molar-refractivity contribution in [3.05, 3.63) is 162 Å². The molecule has 4 heterocycles. The SMILES string of the molecule is Cc1cccc(C)c1-c1nc2cccc3c2n1-c1cccc2c1B3c1ccc(-n3c4ccccc4c4ccccc43)c(C)c1N2c1ccc(C(C)(C)C)cc1. The number of nitrogens with zero attached hydrogens (tertiary/aromatic N) is 4. The predicted octanol–water partition coefficient (Wildman–Crippen LogP) is 10.6. The Morgan fingerprint density at radius 2 is 1.18 bits per heavy atom. The first-order valence-electron chi connectivity index (χ1n) is 19.4. The maximum absolute atomic E-state index is 5.43. The normalized spacial score (nSPS) is 13.2. The summed E-state index contributed by atoms with van der Waals surface area (Å²) >= 11 is 0. The van der Waals surface area contributed by atoms with E-state index in [-0.39, 0.29) is 12.1 Å². The van der Waals surface area contributed by atoms with Crippen molar-refractivity contribution in [3.63, 3.8) is 0 Å². The van der Waals surface area contributed by atoms with Gasteiger partial charge in [-0.15, -0.1) is 0 Å². The zero-order valence-corrected chi connectivity index (χ0v) is 32.1. The Morgan fingerprint density at radius 1 is 0.545 bits per heavy atom. The van der Waals surface area contributed by atoms with E-state index >= 15 is 0 Å². The molecule has 2 aliphatic rings. The maximum Gasteiger partial charge on any atom is 0.252 e. The summed E-state index contributed by atoms with van der Waals surface area (Å²) in [6.45, 7) is 13.6. The molecule has 0 N–H and O–H groups in total. The van der Waals surface area contributed by atoms with E-state index in [0.29, 0.717) is 0 Å². The first-order chi connectivity index (χ1) is 26.7. The van der Waals surface area contributed by atoms with E-state index in [1.807, 2.05) is 0 Å². The molecule has 0 bridgehead atoms. The fourth-order valence-electron chi connectivity index (χ4n) is 9.82. The van der Waals surface area contributed by atoms with Crippen LogP contribution in [0.2, 0.25) is 0 Å². The van der Waals surface area contributed by atoms with E-state index < -0.39 is 0 Å². The number of benzene rings is 7. The van der Waals surface area contributed by atoms with Crippen molar-refractivity contribution in [2.75, 3.05) is 4.90 Å².